The lowest BCUT2D eigenvalue weighted by Crippen LogP contribution is -2.15. The van der Waals surface area contributed by atoms with Gasteiger partial charge in [0.05, 0.1) is 5.70 Å². The Morgan fingerprint density at radius 2 is 2.10 bits per heavy atom. The smallest absolute Gasteiger partial charge is 0.339 e. The average molecular weight is 282 g/mol. The summed E-state index contributed by atoms with van der Waals surface area (Å²) >= 11 is 0. The molecule has 0 fully saturated rings. The van der Waals surface area contributed by atoms with E-state index >= 15 is 0 Å². The number of rotatable bonds is 3. The number of aromatic nitrogens is 3. The van der Waals surface area contributed by atoms with Crippen molar-refractivity contribution in [3.8, 4) is 11.3 Å². The van der Waals surface area contributed by atoms with Crippen molar-refractivity contribution in [1.29, 1.82) is 0 Å². The van der Waals surface area contributed by atoms with Crippen LogP contribution in [0.2, 0.25) is 0 Å². The minimum Gasteiger partial charge on any atom is -0.478 e. The van der Waals surface area contributed by atoms with Crippen LogP contribution < -0.4 is 0 Å². The molecule has 0 saturated heterocycles. The van der Waals surface area contributed by atoms with Gasteiger partial charge in [-0.1, -0.05) is 0 Å². The third kappa shape index (κ3) is 2.55. The summed E-state index contributed by atoms with van der Waals surface area (Å²) in [5.41, 5.74) is 2.21. The van der Waals surface area contributed by atoms with Gasteiger partial charge in [0.25, 0.3) is 0 Å². The van der Waals surface area contributed by atoms with Gasteiger partial charge in [0.1, 0.15) is 11.3 Å². The Kier molecular flexibility index (Phi) is 3.27. The van der Waals surface area contributed by atoms with Gasteiger partial charge in [-0.15, -0.1) is 0 Å². The molecule has 1 N–H and O–H groups in total. The zero-order valence-electron chi connectivity index (χ0n) is 11.5. The Bertz CT molecular complexity index is 731. The van der Waals surface area contributed by atoms with Crippen LogP contribution in [0, 0.1) is 0 Å². The normalized spacial score (nSPS) is 14.1. The molecule has 0 aliphatic carbocycles. The molecule has 0 atom stereocenters. The lowest BCUT2D eigenvalue weighted by atomic mass is 10.1. The van der Waals surface area contributed by atoms with Crippen LogP contribution in [0.15, 0.2) is 49.1 Å². The molecule has 6 nitrogen and oxygen atoms in total. The van der Waals surface area contributed by atoms with E-state index in [1.165, 1.54) is 0 Å². The third-order valence-corrected chi connectivity index (χ3v) is 3.25. The summed E-state index contributed by atoms with van der Waals surface area (Å²) < 4.78 is 1.60. The first-order chi connectivity index (χ1) is 10.1. The lowest BCUT2D eigenvalue weighted by molar-refractivity contribution is 0.0697. The van der Waals surface area contributed by atoms with Crippen molar-refractivity contribution in [2.24, 2.45) is 0 Å². The van der Waals surface area contributed by atoms with Crippen molar-refractivity contribution in [2.45, 2.75) is 0 Å². The first-order valence-corrected chi connectivity index (χ1v) is 6.47. The number of carboxylic acids is 1. The van der Waals surface area contributed by atoms with Crippen LogP contribution in [-0.2, 0) is 0 Å². The second-order valence-electron chi connectivity index (χ2n) is 4.76. The number of hydrogen-bond acceptors (Lipinski definition) is 4. The summed E-state index contributed by atoms with van der Waals surface area (Å²) in [4.78, 5) is 17.4. The second kappa shape index (κ2) is 5.24. The number of carboxylic acid groups (broad SMARTS) is 1. The summed E-state index contributed by atoms with van der Waals surface area (Å²) in [5.74, 6) is -0.995. The van der Waals surface area contributed by atoms with E-state index in [9.17, 15) is 9.90 Å². The fourth-order valence-electron chi connectivity index (χ4n) is 2.13. The Labute approximate surface area is 121 Å². The van der Waals surface area contributed by atoms with E-state index in [2.05, 4.69) is 10.1 Å². The predicted octanol–water partition coefficient (Wildman–Crippen LogP) is 1.94. The monoisotopic (exact) mass is 282 g/mol. The highest BCUT2D eigenvalue weighted by atomic mass is 16.4. The van der Waals surface area contributed by atoms with E-state index in [-0.39, 0.29) is 5.56 Å². The minimum absolute atomic E-state index is 0.175. The zero-order chi connectivity index (χ0) is 14.8. The summed E-state index contributed by atoms with van der Waals surface area (Å²) in [6, 6.07) is 3.50. The van der Waals surface area contributed by atoms with E-state index in [1.54, 1.807) is 35.4 Å². The molecule has 0 amide bonds. The molecule has 1 aliphatic rings. The fourth-order valence-corrected chi connectivity index (χ4v) is 2.13. The standard InChI is InChI=1S/C15H14N4O2/c1-18-8-4-12(5-9-18)19-10-13(15(20)21)14(17-19)11-2-6-16-7-3-11/h2-8,10H,9H2,1H3,(H,20,21). The summed E-state index contributed by atoms with van der Waals surface area (Å²) in [6.07, 6.45) is 10.6. The third-order valence-electron chi connectivity index (χ3n) is 3.25. The maximum Gasteiger partial charge on any atom is 0.339 e. The van der Waals surface area contributed by atoms with Crippen molar-refractivity contribution in [3.05, 3.63) is 54.6 Å². The van der Waals surface area contributed by atoms with Crippen LogP contribution in [0.4, 0.5) is 0 Å². The van der Waals surface area contributed by atoms with Gasteiger partial charge < -0.3 is 10.0 Å². The Hall–Kier alpha value is -2.89. The maximum absolute atomic E-state index is 11.4. The number of allylic oxidation sites excluding steroid dienone is 2. The Morgan fingerprint density at radius 3 is 2.71 bits per heavy atom. The molecule has 0 radical (unpaired) electrons. The van der Waals surface area contributed by atoms with Crippen LogP contribution in [-0.4, -0.2) is 44.3 Å². The highest BCUT2D eigenvalue weighted by Gasteiger charge is 2.18. The summed E-state index contributed by atoms with van der Waals surface area (Å²) in [7, 11) is 1.97. The van der Waals surface area contributed by atoms with Crippen LogP contribution in [0.5, 0.6) is 0 Å². The number of carbonyl (C=O) groups is 1. The van der Waals surface area contributed by atoms with Crippen LogP contribution in [0.1, 0.15) is 10.4 Å². The largest absolute Gasteiger partial charge is 0.478 e. The molecule has 2 aromatic rings. The topological polar surface area (TPSA) is 71.2 Å². The molecular formula is C15H14N4O2. The van der Waals surface area contributed by atoms with Crippen molar-refractivity contribution in [3.63, 3.8) is 0 Å². The van der Waals surface area contributed by atoms with E-state index in [1.807, 2.05) is 30.3 Å². The maximum atomic E-state index is 11.4. The zero-order valence-corrected chi connectivity index (χ0v) is 11.5. The van der Waals surface area contributed by atoms with Crippen molar-refractivity contribution in [2.75, 3.05) is 13.6 Å². The van der Waals surface area contributed by atoms with Crippen LogP contribution in [0.3, 0.4) is 0 Å². The van der Waals surface area contributed by atoms with Crippen LogP contribution in [0.25, 0.3) is 17.0 Å². The Balaban J connectivity index is 2.06. The van der Waals surface area contributed by atoms with E-state index in [4.69, 9.17) is 0 Å². The van der Waals surface area contributed by atoms with Crippen molar-refractivity contribution < 1.29 is 9.90 Å². The van der Waals surface area contributed by atoms with Gasteiger partial charge in [0.15, 0.2) is 0 Å². The van der Waals surface area contributed by atoms with Gasteiger partial charge in [-0.25, -0.2) is 9.48 Å². The average Bonchev–Trinajstić information content (AvgIpc) is 2.94. The highest BCUT2D eigenvalue weighted by molar-refractivity contribution is 5.95. The predicted molar refractivity (Wildman–Crippen MR) is 78.5 cm³/mol. The van der Waals surface area contributed by atoms with E-state index in [0.717, 1.165) is 17.8 Å². The second-order valence-corrected chi connectivity index (χ2v) is 4.76. The molecule has 3 heterocycles. The Morgan fingerprint density at radius 1 is 1.33 bits per heavy atom. The molecule has 0 aromatic carbocycles. The SMILES string of the molecule is CN1C=CC(n2cc(C(=O)O)c(-c3ccncc3)n2)=CC1. The van der Waals surface area contributed by atoms with Crippen LogP contribution >= 0.6 is 0 Å². The first-order valence-electron chi connectivity index (χ1n) is 6.47. The molecule has 1 aliphatic heterocycles. The molecule has 0 bridgehead atoms. The van der Waals surface area contributed by atoms with Crippen molar-refractivity contribution >= 4 is 11.7 Å². The number of aromatic carboxylic acids is 1. The van der Waals surface area contributed by atoms with Gasteiger partial charge in [-0.2, -0.15) is 5.10 Å². The molecule has 3 rings (SSSR count). The molecule has 0 unspecified atom stereocenters. The first kappa shape index (κ1) is 13.1. The lowest BCUT2D eigenvalue weighted by Gasteiger charge is -2.16. The minimum atomic E-state index is -0.995. The van der Waals surface area contributed by atoms with E-state index < -0.39 is 5.97 Å². The summed E-state index contributed by atoms with van der Waals surface area (Å²) in [5, 5.41) is 13.8. The number of hydrogen-bond donors (Lipinski definition) is 1. The fraction of sp³-hybridized carbons (Fsp3) is 0.133. The molecule has 0 spiro atoms. The number of pyridine rings is 1. The molecular weight excluding hydrogens is 268 g/mol. The van der Waals surface area contributed by atoms with Gasteiger partial charge in [-0.05, 0) is 24.3 Å². The summed E-state index contributed by atoms with van der Waals surface area (Å²) in [6.45, 7) is 0.763. The van der Waals surface area contributed by atoms with Crippen molar-refractivity contribution in [1.82, 2.24) is 19.7 Å². The quantitative estimate of drug-likeness (QED) is 0.931. The molecule has 0 saturated carbocycles. The number of likely N-dealkylation sites (N-methyl/N-ethyl adjacent to an activating group) is 1. The molecule has 2 aromatic heterocycles. The molecule has 21 heavy (non-hydrogen) atoms. The van der Waals surface area contributed by atoms with Gasteiger partial charge in [0.2, 0.25) is 0 Å². The van der Waals surface area contributed by atoms with E-state index in [0.29, 0.717) is 5.69 Å². The number of nitrogens with zero attached hydrogens (tertiary/aromatic N) is 4. The van der Waals surface area contributed by atoms with Gasteiger partial charge in [0, 0.05) is 43.9 Å². The van der Waals surface area contributed by atoms with Gasteiger partial charge in [-0.3, -0.25) is 4.98 Å². The molecule has 6 heteroatoms. The van der Waals surface area contributed by atoms with Gasteiger partial charge >= 0.3 is 5.97 Å². The highest BCUT2D eigenvalue weighted by Crippen LogP contribution is 2.23. The molecule has 106 valence electrons.